The first-order valence-corrected chi connectivity index (χ1v) is 15.4. The molecule has 46 heavy (non-hydrogen) atoms. The van der Waals surface area contributed by atoms with Crippen LogP contribution in [-0.4, -0.2) is 7.11 Å². The average molecular weight is 598 g/mol. The number of para-hydroxylation sites is 1. The van der Waals surface area contributed by atoms with Crippen LogP contribution in [0.4, 0.5) is 5.69 Å². The van der Waals surface area contributed by atoms with E-state index in [1.807, 2.05) is 60.7 Å². The average Bonchev–Trinajstić information content (AvgIpc) is 3.35. The molecule has 0 amide bonds. The summed E-state index contributed by atoms with van der Waals surface area (Å²) in [4.78, 5) is 3.75. The lowest BCUT2D eigenvalue weighted by molar-refractivity contribution is 0.163. The van der Waals surface area contributed by atoms with Crippen molar-refractivity contribution < 1.29 is 14.2 Å². The molecule has 2 aliphatic rings. The van der Waals surface area contributed by atoms with Crippen LogP contribution < -0.4 is 14.2 Å². The second kappa shape index (κ2) is 10.4. The van der Waals surface area contributed by atoms with Gasteiger partial charge in [-0.25, -0.2) is 4.85 Å². The lowest BCUT2D eigenvalue weighted by Crippen LogP contribution is -2.35. The minimum atomic E-state index is -0.908. The van der Waals surface area contributed by atoms with E-state index in [1.165, 1.54) is 22.3 Å². The zero-order valence-electron chi connectivity index (χ0n) is 25.9. The number of hydrogen-bond donors (Lipinski definition) is 0. The summed E-state index contributed by atoms with van der Waals surface area (Å²) >= 11 is 0. The summed E-state index contributed by atoms with van der Waals surface area (Å²) in [7, 11) is 1.68. The molecule has 0 aromatic heterocycles. The van der Waals surface area contributed by atoms with E-state index in [0.29, 0.717) is 5.69 Å². The van der Waals surface area contributed by atoms with Gasteiger partial charge in [-0.2, -0.15) is 0 Å². The molecule has 4 nitrogen and oxygen atoms in total. The lowest BCUT2D eigenvalue weighted by Gasteiger charge is -2.38. The van der Waals surface area contributed by atoms with Gasteiger partial charge >= 0.3 is 0 Å². The highest BCUT2D eigenvalue weighted by Gasteiger charge is 2.44. The molecule has 0 saturated carbocycles. The maximum atomic E-state index is 7.66. The Balaban J connectivity index is 1.33. The van der Waals surface area contributed by atoms with Gasteiger partial charge in [-0.15, -0.1) is 0 Å². The Labute approximate surface area is 269 Å². The third-order valence-corrected chi connectivity index (χ3v) is 9.43. The summed E-state index contributed by atoms with van der Waals surface area (Å²) in [5.41, 5.74) is 7.26. The molecule has 0 fully saturated rings. The quantitative estimate of drug-likeness (QED) is 0.185. The number of benzene rings is 6. The highest BCUT2D eigenvalue weighted by Crippen LogP contribution is 2.58. The van der Waals surface area contributed by atoms with Crippen LogP contribution >= 0.6 is 0 Å². The molecular weight excluding hydrogens is 566 g/mol. The fraction of sp³-hybridized carbons (Fsp3) is 0.119. The molecule has 0 N–H and O–H groups in total. The molecule has 222 valence electrons. The van der Waals surface area contributed by atoms with E-state index in [-0.39, 0.29) is 5.41 Å². The van der Waals surface area contributed by atoms with Gasteiger partial charge in [0.05, 0.1) is 13.7 Å². The Morgan fingerprint density at radius 1 is 0.696 bits per heavy atom. The van der Waals surface area contributed by atoms with Gasteiger partial charge in [0, 0.05) is 27.5 Å². The fourth-order valence-corrected chi connectivity index (χ4v) is 7.20. The molecule has 6 aromatic carbocycles. The summed E-state index contributed by atoms with van der Waals surface area (Å²) in [6, 6.07) is 40.7. The van der Waals surface area contributed by atoms with Crippen molar-refractivity contribution >= 4 is 22.5 Å². The van der Waals surface area contributed by atoms with Gasteiger partial charge in [0.2, 0.25) is 0 Å². The molecule has 4 heteroatoms. The summed E-state index contributed by atoms with van der Waals surface area (Å²) in [5, 5.41) is 2.20. The van der Waals surface area contributed by atoms with E-state index in [9.17, 15) is 0 Å². The first-order valence-electron chi connectivity index (χ1n) is 15.4. The maximum absolute atomic E-state index is 7.66. The second-order valence-corrected chi connectivity index (χ2v) is 12.3. The first kappa shape index (κ1) is 27.7. The van der Waals surface area contributed by atoms with E-state index < -0.39 is 5.60 Å². The third kappa shape index (κ3) is 4.13. The van der Waals surface area contributed by atoms with Gasteiger partial charge in [0.25, 0.3) is 0 Å². The van der Waals surface area contributed by atoms with Crippen LogP contribution in [0, 0.1) is 6.57 Å². The summed E-state index contributed by atoms with van der Waals surface area (Å²) in [6.07, 6.45) is 4.43. The second-order valence-electron chi connectivity index (χ2n) is 12.3. The Hall–Kier alpha value is -5.79. The molecule has 1 atom stereocenters. The van der Waals surface area contributed by atoms with Gasteiger partial charge in [-0.05, 0) is 70.1 Å². The molecule has 1 aliphatic heterocycles. The van der Waals surface area contributed by atoms with Crippen molar-refractivity contribution in [3.63, 3.8) is 0 Å². The third-order valence-electron chi connectivity index (χ3n) is 9.43. The Morgan fingerprint density at radius 3 is 2.00 bits per heavy atom. The molecule has 0 bridgehead atoms. The van der Waals surface area contributed by atoms with Crippen molar-refractivity contribution in [1.82, 2.24) is 0 Å². The van der Waals surface area contributed by atoms with E-state index in [4.69, 9.17) is 20.8 Å². The van der Waals surface area contributed by atoms with Crippen molar-refractivity contribution in [1.29, 1.82) is 0 Å². The summed E-state index contributed by atoms with van der Waals surface area (Å²) in [5.74, 6) is 3.17. The molecule has 6 aromatic rings. The normalized spacial score (nSPS) is 16.9. The van der Waals surface area contributed by atoms with Gasteiger partial charge < -0.3 is 14.2 Å². The first-order chi connectivity index (χ1) is 22.4. The Bertz CT molecular complexity index is 2210. The highest BCUT2D eigenvalue weighted by atomic mass is 16.5. The van der Waals surface area contributed by atoms with Crippen LogP contribution in [0.15, 0.2) is 127 Å². The minimum absolute atomic E-state index is 0.330. The number of methoxy groups -OCH3 is 1. The van der Waals surface area contributed by atoms with Gasteiger partial charge in [0.1, 0.15) is 23.0 Å². The van der Waals surface area contributed by atoms with Crippen LogP contribution in [0.5, 0.6) is 23.0 Å². The van der Waals surface area contributed by atoms with Crippen molar-refractivity contribution in [3.05, 3.63) is 167 Å². The van der Waals surface area contributed by atoms with E-state index in [1.54, 1.807) is 7.11 Å². The predicted molar refractivity (Wildman–Crippen MR) is 184 cm³/mol. The number of hydrogen-bond acceptors (Lipinski definition) is 3. The molecule has 8 rings (SSSR count). The van der Waals surface area contributed by atoms with E-state index >= 15 is 0 Å². The van der Waals surface area contributed by atoms with Crippen LogP contribution in [0.3, 0.4) is 0 Å². The van der Waals surface area contributed by atoms with Crippen LogP contribution in [-0.2, 0) is 11.0 Å². The molecule has 1 heterocycles. The number of fused-ring (bicyclic) bond motifs is 8. The minimum Gasteiger partial charge on any atom is -0.497 e. The van der Waals surface area contributed by atoms with E-state index in [2.05, 4.69) is 91.5 Å². The monoisotopic (exact) mass is 597 g/mol. The summed E-state index contributed by atoms with van der Waals surface area (Å²) in [6.45, 7) is 12.2. The number of ether oxygens (including phenoxy) is 3. The van der Waals surface area contributed by atoms with Crippen LogP contribution in [0.2, 0.25) is 0 Å². The maximum Gasteiger partial charge on any atom is 0.187 e. The zero-order chi connectivity index (χ0) is 31.5. The molecule has 0 spiro atoms. The Kier molecular flexibility index (Phi) is 6.27. The zero-order valence-corrected chi connectivity index (χ0v) is 25.9. The Morgan fingerprint density at radius 2 is 1.33 bits per heavy atom. The molecule has 1 unspecified atom stereocenters. The highest BCUT2D eigenvalue weighted by molar-refractivity contribution is 6.08. The SMILES string of the molecule is [C-]#[N+]c1ccc2c(c1)C(C)(C)c1c3c(c4ccccc4c1-2)OC(c1ccc(OC)cc1)(c1ccc(Oc2ccccc2)cc1)C=C3. The van der Waals surface area contributed by atoms with Crippen molar-refractivity contribution in [3.8, 4) is 34.1 Å². The largest absolute Gasteiger partial charge is 0.497 e. The predicted octanol–water partition coefficient (Wildman–Crippen LogP) is 10.8. The van der Waals surface area contributed by atoms with Gasteiger partial charge in [0.15, 0.2) is 11.3 Å². The number of rotatable bonds is 5. The molecule has 1 aliphatic carbocycles. The van der Waals surface area contributed by atoms with Crippen LogP contribution in [0.1, 0.15) is 41.7 Å². The summed E-state index contributed by atoms with van der Waals surface area (Å²) < 4.78 is 19.0. The van der Waals surface area contributed by atoms with Gasteiger partial charge in [-0.3, -0.25) is 0 Å². The lowest BCUT2D eigenvalue weighted by atomic mass is 9.76. The van der Waals surface area contributed by atoms with Crippen molar-refractivity contribution in [2.45, 2.75) is 24.9 Å². The van der Waals surface area contributed by atoms with Gasteiger partial charge in [-0.1, -0.05) is 105 Å². The smallest absolute Gasteiger partial charge is 0.187 e. The molecule has 0 saturated heterocycles. The van der Waals surface area contributed by atoms with E-state index in [0.717, 1.165) is 50.5 Å². The van der Waals surface area contributed by atoms with Crippen molar-refractivity contribution in [2.24, 2.45) is 0 Å². The van der Waals surface area contributed by atoms with Crippen molar-refractivity contribution in [2.75, 3.05) is 7.11 Å². The fourth-order valence-electron chi connectivity index (χ4n) is 7.20. The number of nitrogens with zero attached hydrogens (tertiary/aromatic N) is 1. The standard InChI is InChI=1S/C42H31NO3/c1-41(2)37-26-29(43-3)18-23-35(37)38-33-12-8-9-13-34(33)40-36(39(38)41)24-25-42(46-40,27-14-19-30(44-4)20-15-27)28-16-21-32(22-17-28)45-31-10-6-5-7-11-31/h5-26H,1-2,4H3. The van der Waals surface area contributed by atoms with Crippen LogP contribution in [0.25, 0.3) is 32.8 Å². The molecular formula is C42H31NO3. The molecule has 0 radical (unpaired) electrons. The topological polar surface area (TPSA) is 32.0 Å².